The first-order chi connectivity index (χ1) is 9.12. The normalized spacial score (nSPS) is 12.2. The second kappa shape index (κ2) is 7.46. The number of carbonyl (C=O) groups excluding carboxylic acids is 1. The number of rotatable bonds is 6. The summed E-state index contributed by atoms with van der Waals surface area (Å²) in [5.41, 5.74) is 0.756. The molecule has 19 heavy (non-hydrogen) atoms. The van der Waals surface area contributed by atoms with Crippen LogP contribution in [0.4, 0.5) is 0 Å². The Morgan fingerprint density at radius 1 is 1.32 bits per heavy atom. The van der Waals surface area contributed by atoms with Crippen molar-refractivity contribution in [1.82, 2.24) is 5.32 Å². The maximum absolute atomic E-state index is 11.7. The van der Waals surface area contributed by atoms with E-state index >= 15 is 0 Å². The third kappa shape index (κ3) is 4.32. The minimum absolute atomic E-state index is 0.123. The van der Waals surface area contributed by atoms with Gasteiger partial charge in [-0.1, -0.05) is 13.0 Å². The van der Waals surface area contributed by atoms with Crippen molar-refractivity contribution < 1.29 is 14.3 Å². The lowest BCUT2D eigenvalue weighted by Crippen LogP contribution is -2.30. The zero-order chi connectivity index (χ0) is 14.3. The van der Waals surface area contributed by atoms with E-state index in [9.17, 15) is 4.79 Å². The highest BCUT2D eigenvalue weighted by Crippen LogP contribution is 2.29. The van der Waals surface area contributed by atoms with Gasteiger partial charge in [-0.05, 0) is 31.6 Å². The lowest BCUT2D eigenvalue weighted by atomic mass is 10.1. The Bertz CT molecular complexity index is 432. The molecule has 1 rings (SSSR count). The fraction of sp³-hybridized carbons (Fsp3) is 0.400. The van der Waals surface area contributed by atoms with Crippen LogP contribution < -0.4 is 14.8 Å². The molecule has 1 aromatic rings. The van der Waals surface area contributed by atoms with Crippen molar-refractivity contribution in [2.24, 2.45) is 0 Å². The molecule has 1 atom stereocenters. The number of ether oxygens (including phenoxy) is 2. The van der Waals surface area contributed by atoms with Crippen LogP contribution in [0.15, 0.2) is 24.3 Å². The Balaban J connectivity index is 2.88. The third-order valence-corrected chi connectivity index (χ3v) is 2.87. The van der Waals surface area contributed by atoms with Crippen LogP contribution in [0.3, 0.4) is 0 Å². The van der Waals surface area contributed by atoms with E-state index in [2.05, 4.69) is 5.32 Å². The molecule has 0 heterocycles. The molecule has 0 bridgehead atoms. The minimum atomic E-state index is -0.123. The molecule has 0 aromatic heterocycles. The van der Waals surface area contributed by atoms with Gasteiger partial charge in [0.15, 0.2) is 0 Å². The van der Waals surface area contributed by atoms with Crippen LogP contribution in [0.1, 0.15) is 25.8 Å². The number of benzene rings is 1. The van der Waals surface area contributed by atoms with Crippen LogP contribution in [0.25, 0.3) is 6.08 Å². The average molecular weight is 263 g/mol. The minimum Gasteiger partial charge on any atom is -0.496 e. The summed E-state index contributed by atoms with van der Waals surface area (Å²) in [4.78, 5) is 11.7. The molecule has 1 N–H and O–H groups in total. The number of hydrogen-bond donors (Lipinski definition) is 1. The van der Waals surface area contributed by atoms with Crippen LogP contribution in [0.5, 0.6) is 11.5 Å². The summed E-state index contributed by atoms with van der Waals surface area (Å²) in [5.74, 6) is 1.22. The van der Waals surface area contributed by atoms with Gasteiger partial charge in [-0.25, -0.2) is 0 Å². The molecule has 4 heteroatoms. The van der Waals surface area contributed by atoms with E-state index in [-0.39, 0.29) is 11.9 Å². The Morgan fingerprint density at radius 2 is 1.89 bits per heavy atom. The van der Waals surface area contributed by atoms with E-state index in [0.29, 0.717) is 11.5 Å². The van der Waals surface area contributed by atoms with Crippen molar-refractivity contribution in [2.75, 3.05) is 14.2 Å². The van der Waals surface area contributed by atoms with Gasteiger partial charge < -0.3 is 14.8 Å². The van der Waals surface area contributed by atoms with Crippen LogP contribution in [-0.4, -0.2) is 26.2 Å². The van der Waals surface area contributed by atoms with E-state index < -0.39 is 0 Å². The Hall–Kier alpha value is -1.97. The molecular weight excluding hydrogens is 242 g/mol. The highest BCUT2D eigenvalue weighted by molar-refractivity contribution is 5.92. The van der Waals surface area contributed by atoms with E-state index in [1.807, 2.05) is 32.0 Å². The van der Waals surface area contributed by atoms with Crippen molar-refractivity contribution in [1.29, 1.82) is 0 Å². The smallest absolute Gasteiger partial charge is 0.244 e. The standard InChI is InChI=1S/C15H21NO3/c1-5-11(2)16-15(17)10-9-12-13(18-3)7-6-8-14(12)19-4/h6-11H,5H2,1-4H3,(H,16,17)/b10-9+/t11-/m0/s1. The first-order valence-electron chi connectivity index (χ1n) is 6.31. The summed E-state index contributed by atoms with van der Waals surface area (Å²) in [6, 6.07) is 5.66. The monoisotopic (exact) mass is 263 g/mol. The second-order valence-corrected chi connectivity index (χ2v) is 4.23. The quantitative estimate of drug-likeness (QED) is 0.803. The van der Waals surface area contributed by atoms with E-state index in [1.165, 1.54) is 6.08 Å². The van der Waals surface area contributed by atoms with Gasteiger partial charge in [0.2, 0.25) is 5.91 Å². The molecule has 0 saturated carbocycles. The largest absolute Gasteiger partial charge is 0.496 e. The fourth-order valence-corrected chi connectivity index (χ4v) is 1.60. The van der Waals surface area contributed by atoms with Crippen LogP contribution in [0.2, 0.25) is 0 Å². The summed E-state index contributed by atoms with van der Waals surface area (Å²) in [6.07, 6.45) is 4.10. The molecule has 0 unspecified atom stereocenters. The average Bonchev–Trinajstić information content (AvgIpc) is 2.44. The van der Waals surface area contributed by atoms with Crippen molar-refractivity contribution in [3.05, 3.63) is 29.8 Å². The molecule has 0 spiro atoms. The van der Waals surface area contributed by atoms with Crippen molar-refractivity contribution in [3.63, 3.8) is 0 Å². The third-order valence-electron chi connectivity index (χ3n) is 2.87. The van der Waals surface area contributed by atoms with Gasteiger partial charge in [-0.2, -0.15) is 0 Å². The lowest BCUT2D eigenvalue weighted by Gasteiger charge is -2.10. The summed E-state index contributed by atoms with van der Waals surface area (Å²) in [7, 11) is 3.18. The highest BCUT2D eigenvalue weighted by atomic mass is 16.5. The molecule has 1 amide bonds. The first-order valence-corrected chi connectivity index (χ1v) is 6.31. The van der Waals surface area contributed by atoms with Gasteiger partial charge in [0, 0.05) is 12.1 Å². The molecular formula is C15H21NO3. The Morgan fingerprint density at radius 3 is 2.37 bits per heavy atom. The van der Waals surface area contributed by atoms with Gasteiger partial charge >= 0.3 is 0 Å². The van der Waals surface area contributed by atoms with Gasteiger partial charge in [-0.15, -0.1) is 0 Å². The van der Waals surface area contributed by atoms with E-state index in [0.717, 1.165) is 12.0 Å². The molecule has 4 nitrogen and oxygen atoms in total. The first kappa shape index (κ1) is 15.1. The molecule has 0 saturated heterocycles. The second-order valence-electron chi connectivity index (χ2n) is 4.23. The summed E-state index contributed by atoms with van der Waals surface area (Å²) in [6.45, 7) is 3.99. The van der Waals surface area contributed by atoms with Gasteiger partial charge in [-0.3, -0.25) is 4.79 Å². The molecule has 0 aliphatic carbocycles. The molecule has 0 aliphatic rings. The molecule has 104 valence electrons. The predicted octanol–water partition coefficient (Wildman–Crippen LogP) is 2.63. The highest BCUT2D eigenvalue weighted by Gasteiger charge is 2.07. The Labute approximate surface area is 114 Å². The van der Waals surface area contributed by atoms with Crippen LogP contribution >= 0.6 is 0 Å². The topological polar surface area (TPSA) is 47.6 Å². The number of amides is 1. The van der Waals surface area contributed by atoms with Crippen molar-refractivity contribution >= 4 is 12.0 Å². The lowest BCUT2D eigenvalue weighted by molar-refractivity contribution is -0.117. The van der Waals surface area contributed by atoms with Gasteiger partial charge in [0.25, 0.3) is 0 Å². The Kier molecular flexibility index (Phi) is 5.93. The summed E-state index contributed by atoms with van der Waals surface area (Å²) >= 11 is 0. The van der Waals surface area contributed by atoms with Crippen molar-refractivity contribution in [2.45, 2.75) is 26.3 Å². The number of nitrogens with one attached hydrogen (secondary N) is 1. The van der Waals surface area contributed by atoms with E-state index in [4.69, 9.17) is 9.47 Å². The number of carbonyl (C=O) groups is 1. The number of hydrogen-bond acceptors (Lipinski definition) is 3. The SMILES string of the molecule is CC[C@H](C)NC(=O)/C=C/c1c(OC)cccc1OC. The zero-order valence-corrected chi connectivity index (χ0v) is 11.9. The van der Waals surface area contributed by atoms with Crippen LogP contribution in [-0.2, 0) is 4.79 Å². The van der Waals surface area contributed by atoms with Gasteiger partial charge in [0.1, 0.15) is 11.5 Å². The fourth-order valence-electron chi connectivity index (χ4n) is 1.60. The predicted molar refractivity (Wildman–Crippen MR) is 76.5 cm³/mol. The summed E-state index contributed by atoms with van der Waals surface area (Å²) < 4.78 is 10.5. The molecule has 1 aromatic carbocycles. The van der Waals surface area contributed by atoms with E-state index in [1.54, 1.807) is 20.3 Å². The number of methoxy groups -OCH3 is 2. The maximum Gasteiger partial charge on any atom is 0.244 e. The van der Waals surface area contributed by atoms with Crippen molar-refractivity contribution in [3.8, 4) is 11.5 Å². The molecule has 0 fully saturated rings. The summed E-state index contributed by atoms with van der Waals surface area (Å²) in [5, 5.41) is 2.87. The molecule has 0 radical (unpaired) electrons. The maximum atomic E-state index is 11.7. The van der Waals surface area contributed by atoms with Crippen LogP contribution in [0, 0.1) is 0 Å². The van der Waals surface area contributed by atoms with Gasteiger partial charge in [0.05, 0.1) is 19.8 Å². The zero-order valence-electron chi connectivity index (χ0n) is 11.9. The molecule has 0 aliphatic heterocycles.